The molecule has 3 N–H and O–H groups in total. The van der Waals surface area contributed by atoms with Crippen LogP contribution in [0, 0.1) is 5.92 Å². The van der Waals surface area contributed by atoms with Gasteiger partial charge in [-0.15, -0.1) is 0 Å². The van der Waals surface area contributed by atoms with Gasteiger partial charge in [0.05, 0.1) is 5.69 Å². The molecule has 0 radical (unpaired) electrons. The maximum Gasteiger partial charge on any atom is 0.277 e. The molecule has 2 heterocycles. The first-order valence-electron chi connectivity index (χ1n) is 8.26. The van der Waals surface area contributed by atoms with Crippen LogP contribution < -0.4 is 16.2 Å². The zero-order chi connectivity index (χ0) is 15.9. The normalized spacial score (nSPS) is 18.2. The van der Waals surface area contributed by atoms with Gasteiger partial charge in [-0.25, -0.2) is 5.10 Å². The average molecular weight is 306 g/mol. The third kappa shape index (κ3) is 3.94. The summed E-state index contributed by atoms with van der Waals surface area (Å²) < 4.78 is 0. The second kappa shape index (κ2) is 8.08. The molecule has 1 unspecified atom stereocenters. The van der Waals surface area contributed by atoms with Crippen LogP contribution in [-0.2, 0) is 12.8 Å². The molecule has 1 aromatic heterocycles. The van der Waals surface area contributed by atoms with Gasteiger partial charge < -0.3 is 10.6 Å². The van der Waals surface area contributed by atoms with Gasteiger partial charge in [-0.1, -0.05) is 13.8 Å². The molecule has 1 fully saturated rings. The lowest BCUT2D eigenvalue weighted by atomic mass is 9.96. The maximum atomic E-state index is 12.4. The molecule has 0 bridgehead atoms. The van der Waals surface area contributed by atoms with E-state index in [1.54, 1.807) is 0 Å². The van der Waals surface area contributed by atoms with Gasteiger partial charge in [0, 0.05) is 6.54 Å². The minimum Gasteiger partial charge on any atom is -0.352 e. The van der Waals surface area contributed by atoms with Crippen LogP contribution >= 0.6 is 0 Å². The Morgan fingerprint density at radius 3 is 2.82 bits per heavy atom. The Kier molecular flexibility index (Phi) is 6.12. The quantitative estimate of drug-likeness (QED) is 0.732. The number of aryl methyl sites for hydroxylation is 1. The van der Waals surface area contributed by atoms with Crippen molar-refractivity contribution in [1.29, 1.82) is 0 Å². The van der Waals surface area contributed by atoms with Crippen LogP contribution in [-0.4, -0.2) is 35.7 Å². The van der Waals surface area contributed by atoms with E-state index in [-0.39, 0.29) is 11.5 Å². The molecule has 1 amide bonds. The number of rotatable bonds is 6. The summed E-state index contributed by atoms with van der Waals surface area (Å²) in [5.41, 5.74) is 1.40. The Labute approximate surface area is 131 Å². The molecule has 0 aromatic carbocycles. The lowest BCUT2D eigenvalue weighted by Gasteiger charge is -2.22. The van der Waals surface area contributed by atoms with Gasteiger partial charge in [0.2, 0.25) is 0 Å². The fourth-order valence-electron chi connectivity index (χ4n) is 3.09. The number of nitrogens with one attached hydrogen (secondary N) is 3. The van der Waals surface area contributed by atoms with E-state index < -0.39 is 5.56 Å². The molecule has 1 aromatic rings. The Morgan fingerprint density at radius 1 is 1.36 bits per heavy atom. The van der Waals surface area contributed by atoms with Crippen molar-refractivity contribution < 1.29 is 4.79 Å². The van der Waals surface area contributed by atoms with Gasteiger partial charge in [0.25, 0.3) is 11.5 Å². The van der Waals surface area contributed by atoms with Crippen molar-refractivity contribution in [3.63, 3.8) is 0 Å². The smallest absolute Gasteiger partial charge is 0.277 e. The highest BCUT2D eigenvalue weighted by Gasteiger charge is 2.19. The fourth-order valence-corrected chi connectivity index (χ4v) is 3.09. The maximum absolute atomic E-state index is 12.4. The summed E-state index contributed by atoms with van der Waals surface area (Å²) in [5, 5.41) is 12.7. The molecular formula is C16H26N4O2. The first-order chi connectivity index (χ1) is 10.7. The van der Waals surface area contributed by atoms with Crippen LogP contribution in [0.1, 0.15) is 54.7 Å². The van der Waals surface area contributed by atoms with E-state index in [0.717, 1.165) is 30.8 Å². The van der Waals surface area contributed by atoms with E-state index in [9.17, 15) is 9.59 Å². The summed E-state index contributed by atoms with van der Waals surface area (Å²) >= 11 is 0. The zero-order valence-corrected chi connectivity index (χ0v) is 13.5. The topological polar surface area (TPSA) is 86.9 Å². The molecule has 1 atom stereocenters. The van der Waals surface area contributed by atoms with E-state index in [1.807, 2.05) is 13.8 Å². The van der Waals surface area contributed by atoms with Crippen molar-refractivity contribution in [2.45, 2.75) is 46.0 Å². The minimum atomic E-state index is -0.397. The lowest BCUT2D eigenvalue weighted by molar-refractivity contribution is 0.0947. The van der Waals surface area contributed by atoms with Crippen LogP contribution in [0.15, 0.2) is 4.79 Å². The van der Waals surface area contributed by atoms with E-state index in [1.165, 1.54) is 12.8 Å². The van der Waals surface area contributed by atoms with E-state index in [4.69, 9.17) is 0 Å². The summed E-state index contributed by atoms with van der Waals surface area (Å²) in [4.78, 5) is 24.4. The summed E-state index contributed by atoms with van der Waals surface area (Å²) in [7, 11) is 0. The predicted molar refractivity (Wildman–Crippen MR) is 86.2 cm³/mol. The molecule has 6 nitrogen and oxygen atoms in total. The van der Waals surface area contributed by atoms with Crippen LogP contribution in [0.2, 0.25) is 0 Å². The third-order valence-electron chi connectivity index (χ3n) is 4.32. The van der Waals surface area contributed by atoms with Gasteiger partial charge in [0.15, 0.2) is 0 Å². The number of nitrogens with zero attached hydrogens (tertiary/aromatic N) is 1. The molecule has 2 rings (SSSR count). The highest BCUT2D eigenvalue weighted by atomic mass is 16.2. The molecule has 0 aliphatic carbocycles. The molecular weight excluding hydrogens is 280 g/mol. The van der Waals surface area contributed by atoms with Crippen molar-refractivity contribution in [3.05, 3.63) is 27.2 Å². The zero-order valence-electron chi connectivity index (χ0n) is 13.5. The van der Waals surface area contributed by atoms with Crippen molar-refractivity contribution >= 4 is 5.91 Å². The van der Waals surface area contributed by atoms with Crippen LogP contribution in [0.3, 0.4) is 0 Å². The number of amides is 1. The number of carbonyl (C=O) groups excluding carboxylic acids is 1. The Balaban J connectivity index is 2.01. The highest BCUT2D eigenvalue weighted by molar-refractivity contribution is 5.95. The second-order valence-corrected chi connectivity index (χ2v) is 5.82. The summed E-state index contributed by atoms with van der Waals surface area (Å²) in [6.07, 6.45) is 4.69. The Bertz CT molecular complexity index is 562. The second-order valence-electron chi connectivity index (χ2n) is 5.82. The summed E-state index contributed by atoms with van der Waals surface area (Å²) in [5.74, 6) is 0.334. The van der Waals surface area contributed by atoms with Gasteiger partial charge in [0.1, 0.15) is 5.56 Å². The number of carbonyl (C=O) groups is 1. The molecule has 6 heteroatoms. The average Bonchev–Trinajstić information content (AvgIpc) is 2.55. The number of H-pyrrole nitrogens is 1. The Morgan fingerprint density at radius 2 is 2.18 bits per heavy atom. The Hall–Kier alpha value is -1.69. The number of aromatic amines is 1. The molecule has 0 saturated carbocycles. The van der Waals surface area contributed by atoms with Crippen molar-refractivity contribution in [1.82, 2.24) is 20.8 Å². The van der Waals surface area contributed by atoms with Crippen molar-refractivity contribution in [3.8, 4) is 0 Å². The first kappa shape index (κ1) is 16.7. The molecule has 22 heavy (non-hydrogen) atoms. The fraction of sp³-hybridized carbons (Fsp3) is 0.688. The van der Waals surface area contributed by atoms with Crippen molar-refractivity contribution in [2.24, 2.45) is 5.92 Å². The van der Waals surface area contributed by atoms with Crippen LogP contribution in [0.5, 0.6) is 0 Å². The van der Waals surface area contributed by atoms with Gasteiger partial charge in [-0.05, 0) is 56.7 Å². The molecule has 1 saturated heterocycles. The number of aromatic nitrogens is 2. The summed E-state index contributed by atoms with van der Waals surface area (Å²) in [6.45, 7) is 6.63. The van der Waals surface area contributed by atoms with Gasteiger partial charge >= 0.3 is 0 Å². The molecule has 0 spiro atoms. The number of piperidine rings is 1. The minimum absolute atomic E-state index is 0.233. The highest BCUT2D eigenvalue weighted by Crippen LogP contribution is 2.13. The summed E-state index contributed by atoms with van der Waals surface area (Å²) in [6, 6.07) is 0. The van der Waals surface area contributed by atoms with E-state index in [0.29, 0.717) is 25.3 Å². The van der Waals surface area contributed by atoms with E-state index >= 15 is 0 Å². The molecule has 122 valence electrons. The third-order valence-corrected chi connectivity index (χ3v) is 4.32. The lowest BCUT2D eigenvalue weighted by Crippen LogP contribution is -2.36. The predicted octanol–water partition coefficient (Wildman–Crippen LogP) is 1.01. The van der Waals surface area contributed by atoms with Gasteiger partial charge in [-0.2, -0.15) is 5.10 Å². The van der Waals surface area contributed by atoms with Crippen molar-refractivity contribution in [2.75, 3.05) is 19.6 Å². The number of hydrogen-bond donors (Lipinski definition) is 3. The SMILES string of the molecule is CCc1n[nH]c(=O)c(C(=O)NCCC2CCCNC2)c1CC. The van der Waals surface area contributed by atoms with Gasteiger partial charge in [-0.3, -0.25) is 9.59 Å². The van der Waals surface area contributed by atoms with Crippen LogP contribution in [0.4, 0.5) is 0 Å². The molecule has 1 aliphatic rings. The van der Waals surface area contributed by atoms with Crippen LogP contribution in [0.25, 0.3) is 0 Å². The first-order valence-corrected chi connectivity index (χ1v) is 8.26. The molecule has 1 aliphatic heterocycles. The number of hydrogen-bond acceptors (Lipinski definition) is 4. The monoisotopic (exact) mass is 306 g/mol. The standard InChI is InChI=1S/C16H26N4O2/c1-3-12-13(4-2)19-20-16(22)14(12)15(21)18-9-7-11-6-5-8-17-10-11/h11,17H,3-10H2,1-2H3,(H,18,21)(H,20,22). The largest absolute Gasteiger partial charge is 0.352 e. The van der Waals surface area contributed by atoms with E-state index in [2.05, 4.69) is 20.8 Å².